The Morgan fingerprint density at radius 2 is 2.11 bits per heavy atom. The number of alkyl halides is 1. The second-order valence-corrected chi connectivity index (χ2v) is 2.96. The van der Waals surface area contributed by atoms with Crippen LogP contribution in [0.15, 0.2) is 11.6 Å². The van der Waals surface area contributed by atoms with Gasteiger partial charge < -0.3 is 0 Å². The van der Waals surface area contributed by atoms with Gasteiger partial charge in [-0.2, -0.15) is 0 Å². The van der Waals surface area contributed by atoms with Gasteiger partial charge in [0.2, 0.25) is 0 Å². The minimum absolute atomic E-state index is 0.674. The molecule has 0 N–H and O–H groups in total. The van der Waals surface area contributed by atoms with Crippen molar-refractivity contribution >= 4 is 11.6 Å². The van der Waals surface area contributed by atoms with E-state index in [2.05, 4.69) is 26.8 Å². The van der Waals surface area contributed by atoms with Gasteiger partial charge in [-0.3, -0.25) is 0 Å². The third-order valence-electron chi connectivity index (χ3n) is 1.49. The SMILES string of the molecule is C/C(=C\CCCl)C(C)C. The first-order chi connectivity index (χ1) is 4.18. The van der Waals surface area contributed by atoms with Gasteiger partial charge in [-0.05, 0) is 19.3 Å². The summed E-state index contributed by atoms with van der Waals surface area (Å²) in [5.74, 6) is 1.41. The Hall–Kier alpha value is 0.0300. The Labute approximate surface area is 62.9 Å². The van der Waals surface area contributed by atoms with Crippen molar-refractivity contribution in [2.75, 3.05) is 5.88 Å². The summed E-state index contributed by atoms with van der Waals surface area (Å²) in [4.78, 5) is 0. The minimum Gasteiger partial charge on any atom is -0.126 e. The van der Waals surface area contributed by atoms with Crippen LogP contribution in [0.25, 0.3) is 0 Å². The lowest BCUT2D eigenvalue weighted by atomic mass is 10.0. The Balaban J connectivity index is 3.55. The summed E-state index contributed by atoms with van der Waals surface area (Å²) in [5, 5.41) is 0. The van der Waals surface area contributed by atoms with Crippen LogP contribution in [0.2, 0.25) is 0 Å². The van der Waals surface area contributed by atoms with Crippen LogP contribution < -0.4 is 0 Å². The normalized spacial score (nSPS) is 12.8. The Morgan fingerprint density at radius 3 is 2.44 bits per heavy atom. The van der Waals surface area contributed by atoms with E-state index in [-0.39, 0.29) is 0 Å². The van der Waals surface area contributed by atoms with Gasteiger partial charge in [-0.1, -0.05) is 25.5 Å². The van der Waals surface area contributed by atoms with Gasteiger partial charge in [-0.15, -0.1) is 11.6 Å². The molecule has 0 radical (unpaired) electrons. The first kappa shape index (κ1) is 9.03. The van der Waals surface area contributed by atoms with Crippen molar-refractivity contribution in [3.8, 4) is 0 Å². The Morgan fingerprint density at radius 1 is 1.56 bits per heavy atom. The molecular weight excluding hydrogens is 132 g/mol. The Bertz CT molecular complexity index is 92.7. The third kappa shape index (κ3) is 4.53. The summed E-state index contributed by atoms with van der Waals surface area (Å²) in [5.41, 5.74) is 1.44. The maximum atomic E-state index is 5.51. The van der Waals surface area contributed by atoms with E-state index in [4.69, 9.17) is 11.6 Å². The van der Waals surface area contributed by atoms with E-state index in [0.717, 1.165) is 12.3 Å². The fourth-order valence-electron chi connectivity index (χ4n) is 0.518. The van der Waals surface area contributed by atoms with Crippen LogP contribution in [0.5, 0.6) is 0 Å². The van der Waals surface area contributed by atoms with Gasteiger partial charge in [0, 0.05) is 5.88 Å². The molecule has 0 aromatic rings. The van der Waals surface area contributed by atoms with Crippen molar-refractivity contribution in [2.24, 2.45) is 5.92 Å². The molecule has 0 atom stereocenters. The monoisotopic (exact) mass is 146 g/mol. The average molecular weight is 147 g/mol. The van der Waals surface area contributed by atoms with Gasteiger partial charge >= 0.3 is 0 Å². The van der Waals surface area contributed by atoms with Crippen LogP contribution in [0.4, 0.5) is 0 Å². The van der Waals surface area contributed by atoms with Gasteiger partial charge in [-0.25, -0.2) is 0 Å². The zero-order valence-electron chi connectivity index (χ0n) is 6.45. The highest BCUT2D eigenvalue weighted by molar-refractivity contribution is 6.17. The summed E-state index contributed by atoms with van der Waals surface area (Å²) in [7, 11) is 0. The molecular formula is C8H15Cl. The molecule has 0 amide bonds. The number of rotatable bonds is 3. The van der Waals surface area contributed by atoms with Crippen LogP contribution in [0, 0.1) is 5.92 Å². The molecule has 9 heavy (non-hydrogen) atoms. The van der Waals surface area contributed by atoms with Crippen molar-refractivity contribution < 1.29 is 0 Å². The molecule has 0 saturated heterocycles. The van der Waals surface area contributed by atoms with Gasteiger partial charge in [0.15, 0.2) is 0 Å². The van der Waals surface area contributed by atoms with E-state index < -0.39 is 0 Å². The first-order valence-corrected chi connectivity index (χ1v) is 3.94. The zero-order valence-corrected chi connectivity index (χ0v) is 7.20. The molecule has 0 aliphatic heterocycles. The molecule has 0 rings (SSSR count). The average Bonchev–Trinajstić information content (AvgIpc) is 1.82. The van der Waals surface area contributed by atoms with Gasteiger partial charge in [0.1, 0.15) is 0 Å². The Kier molecular flexibility index (Phi) is 4.88. The highest BCUT2D eigenvalue weighted by Gasteiger charge is 1.93. The minimum atomic E-state index is 0.674. The highest BCUT2D eigenvalue weighted by Crippen LogP contribution is 2.08. The third-order valence-corrected chi connectivity index (χ3v) is 1.70. The van der Waals surface area contributed by atoms with Crippen molar-refractivity contribution in [2.45, 2.75) is 27.2 Å². The van der Waals surface area contributed by atoms with Crippen LogP contribution in [-0.4, -0.2) is 5.88 Å². The molecule has 54 valence electrons. The van der Waals surface area contributed by atoms with E-state index in [1.165, 1.54) is 5.57 Å². The zero-order chi connectivity index (χ0) is 7.28. The van der Waals surface area contributed by atoms with Crippen LogP contribution >= 0.6 is 11.6 Å². The highest BCUT2D eigenvalue weighted by atomic mass is 35.5. The quantitative estimate of drug-likeness (QED) is 0.424. The second kappa shape index (κ2) is 4.87. The number of hydrogen-bond donors (Lipinski definition) is 0. The van der Waals surface area contributed by atoms with Crippen LogP contribution in [-0.2, 0) is 0 Å². The molecule has 0 nitrogen and oxygen atoms in total. The molecule has 0 spiro atoms. The number of hydrogen-bond acceptors (Lipinski definition) is 0. The largest absolute Gasteiger partial charge is 0.126 e. The van der Waals surface area contributed by atoms with E-state index in [0.29, 0.717) is 5.92 Å². The molecule has 0 saturated carbocycles. The maximum absolute atomic E-state index is 5.51. The summed E-state index contributed by atoms with van der Waals surface area (Å²) in [6.07, 6.45) is 3.21. The maximum Gasteiger partial charge on any atom is 0.0258 e. The predicted octanol–water partition coefficient (Wildman–Crippen LogP) is 3.22. The molecule has 0 aliphatic carbocycles. The van der Waals surface area contributed by atoms with Crippen molar-refractivity contribution in [1.82, 2.24) is 0 Å². The van der Waals surface area contributed by atoms with E-state index in [1.54, 1.807) is 0 Å². The lowest BCUT2D eigenvalue weighted by molar-refractivity contribution is 0.763. The molecule has 0 aliphatic rings. The first-order valence-electron chi connectivity index (χ1n) is 3.41. The molecule has 0 unspecified atom stereocenters. The lowest BCUT2D eigenvalue weighted by Crippen LogP contribution is -1.88. The number of halogens is 1. The summed E-state index contributed by atoms with van der Waals surface area (Å²) in [6, 6.07) is 0. The topological polar surface area (TPSA) is 0 Å². The van der Waals surface area contributed by atoms with Crippen molar-refractivity contribution in [3.63, 3.8) is 0 Å². The molecule has 0 bridgehead atoms. The lowest BCUT2D eigenvalue weighted by Gasteiger charge is -2.02. The van der Waals surface area contributed by atoms with E-state index in [9.17, 15) is 0 Å². The molecule has 0 aromatic heterocycles. The molecule has 0 aromatic carbocycles. The smallest absolute Gasteiger partial charge is 0.0258 e. The van der Waals surface area contributed by atoms with E-state index in [1.807, 2.05) is 0 Å². The van der Waals surface area contributed by atoms with Crippen LogP contribution in [0.1, 0.15) is 27.2 Å². The van der Waals surface area contributed by atoms with Crippen molar-refractivity contribution in [3.05, 3.63) is 11.6 Å². The van der Waals surface area contributed by atoms with Crippen molar-refractivity contribution in [1.29, 1.82) is 0 Å². The second-order valence-electron chi connectivity index (χ2n) is 2.58. The molecule has 0 heterocycles. The summed E-state index contributed by atoms with van der Waals surface area (Å²) >= 11 is 5.51. The number of allylic oxidation sites excluding steroid dienone is 2. The van der Waals surface area contributed by atoms with E-state index >= 15 is 0 Å². The molecule has 1 heteroatoms. The summed E-state index contributed by atoms with van der Waals surface area (Å²) < 4.78 is 0. The molecule has 0 fully saturated rings. The fraction of sp³-hybridized carbons (Fsp3) is 0.750. The van der Waals surface area contributed by atoms with Gasteiger partial charge in [0.25, 0.3) is 0 Å². The predicted molar refractivity (Wildman–Crippen MR) is 43.9 cm³/mol. The van der Waals surface area contributed by atoms with Gasteiger partial charge in [0.05, 0.1) is 0 Å². The fourth-order valence-corrected chi connectivity index (χ4v) is 0.627. The van der Waals surface area contributed by atoms with Crippen LogP contribution in [0.3, 0.4) is 0 Å². The summed E-state index contributed by atoms with van der Waals surface area (Å²) in [6.45, 7) is 6.54. The standard InChI is InChI=1S/C8H15Cl/c1-7(2)8(3)5-4-6-9/h5,7H,4,6H2,1-3H3/b8-5+.